The number of fused-ring (bicyclic) bond motifs is 1. The molecule has 0 aliphatic rings. The van der Waals surface area contributed by atoms with Crippen LogP contribution in [0.2, 0.25) is 0 Å². The highest BCUT2D eigenvalue weighted by Crippen LogP contribution is 2.14. The van der Waals surface area contributed by atoms with E-state index in [4.69, 9.17) is 5.73 Å². The van der Waals surface area contributed by atoms with Gasteiger partial charge in [0, 0.05) is 6.07 Å². The number of amides is 1. The fourth-order valence-electron chi connectivity index (χ4n) is 1.54. The van der Waals surface area contributed by atoms with Gasteiger partial charge in [0.05, 0.1) is 0 Å². The normalized spacial score (nSPS) is 11.7. The summed E-state index contributed by atoms with van der Waals surface area (Å²) in [7, 11) is 0. The first-order valence-electron chi connectivity index (χ1n) is 5.34. The number of carbonyl (C=O) groups excluding carboxylic acids is 1. The maximum Gasteiger partial charge on any atom is 0.349 e. The number of aromatic amines is 1. The Morgan fingerprint density at radius 1 is 1.56 bits per heavy atom. The molecular formula is C10H14N6O2. The lowest BCUT2D eigenvalue weighted by Gasteiger charge is -2.23. The Bertz CT molecular complexity index is 669. The number of H-pyrrole nitrogens is 1. The van der Waals surface area contributed by atoms with Crippen molar-refractivity contribution < 1.29 is 4.79 Å². The van der Waals surface area contributed by atoms with Crippen molar-refractivity contribution in [3.8, 4) is 0 Å². The molecule has 2 aromatic heterocycles. The van der Waals surface area contributed by atoms with E-state index in [1.165, 1.54) is 4.40 Å². The lowest BCUT2D eigenvalue weighted by molar-refractivity contribution is -0.121. The predicted octanol–water partition coefficient (Wildman–Crippen LogP) is -0.598. The molecule has 0 spiro atoms. The fraction of sp³-hybridized carbons (Fsp3) is 0.400. The highest BCUT2D eigenvalue weighted by atomic mass is 16.2. The maximum atomic E-state index is 11.4. The molecule has 0 unspecified atom stereocenters. The summed E-state index contributed by atoms with van der Waals surface area (Å²) in [5.41, 5.74) is 4.41. The van der Waals surface area contributed by atoms with Gasteiger partial charge in [0.2, 0.25) is 5.91 Å². The number of hydrogen-bond acceptors (Lipinski definition) is 5. The third kappa shape index (κ3) is 1.92. The molecule has 2 aromatic rings. The fourth-order valence-corrected chi connectivity index (χ4v) is 1.54. The first kappa shape index (κ1) is 12.1. The molecule has 0 aliphatic carbocycles. The van der Waals surface area contributed by atoms with Crippen molar-refractivity contribution in [3.05, 3.63) is 22.4 Å². The van der Waals surface area contributed by atoms with Gasteiger partial charge in [0.1, 0.15) is 17.2 Å². The molecule has 0 atom stereocenters. The number of anilines is 1. The molecule has 8 nitrogen and oxygen atoms in total. The van der Waals surface area contributed by atoms with Gasteiger partial charge in [-0.15, -0.1) is 0 Å². The topological polar surface area (TPSA) is 118 Å². The van der Waals surface area contributed by atoms with E-state index in [1.807, 2.05) is 0 Å². The first-order chi connectivity index (χ1) is 8.31. The van der Waals surface area contributed by atoms with Gasteiger partial charge >= 0.3 is 5.69 Å². The highest BCUT2D eigenvalue weighted by molar-refractivity contribution is 5.86. The van der Waals surface area contributed by atoms with E-state index >= 15 is 0 Å². The number of nitrogens with one attached hydrogen (secondary N) is 2. The maximum absolute atomic E-state index is 11.4. The molecule has 2 heterocycles. The summed E-state index contributed by atoms with van der Waals surface area (Å²) in [4.78, 5) is 26.8. The van der Waals surface area contributed by atoms with Crippen LogP contribution >= 0.6 is 0 Å². The molecule has 0 bridgehead atoms. The second kappa shape index (κ2) is 3.83. The third-order valence-corrected chi connectivity index (χ3v) is 2.63. The van der Waals surface area contributed by atoms with E-state index in [-0.39, 0.29) is 5.69 Å². The highest BCUT2D eigenvalue weighted by Gasteiger charge is 2.25. The molecule has 0 saturated carbocycles. The number of nitrogens with zero attached hydrogens (tertiary/aromatic N) is 3. The van der Waals surface area contributed by atoms with Crippen LogP contribution < -0.4 is 16.7 Å². The zero-order chi connectivity index (χ0) is 13.5. The number of aromatic nitrogens is 4. The van der Waals surface area contributed by atoms with Crippen LogP contribution in [0, 0.1) is 6.92 Å². The zero-order valence-corrected chi connectivity index (χ0v) is 10.3. The average Bonchev–Trinajstić information content (AvgIpc) is 2.59. The Morgan fingerprint density at radius 3 is 2.83 bits per heavy atom. The molecule has 0 aromatic carbocycles. The predicted molar refractivity (Wildman–Crippen MR) is 65.2 cm³/mol. The van der Waals surface area contributed by atoms with Crippen LogP contribution in [0.15, 0.2) is 10.9 Å². The minimum absolute atomic E-state index is 0.351. The van der Waals surface area contributed by atoms with Crippen LogP contribution in [0.4, 0.5) is 5.82 Å². The molecule has 4 N–H and O–H groups in total. The zero-order valence-electron chi connectivity index (χ0n) is 10.3. The molecular weight excluding hydrogens is 236 g/mol. The number of primary amides is 1. The summed E-state index contributed by atoms with van der Waals surface area (Å²) < 4.78 is 1.34. The Balaban J connectivity index is 2.48. The molecule has 0 aliphatic heterocycles. The molecule has 96 valence electrons. The van der Waals surface area contributed by atoms with Crippen molar-refractivity contribution in [1.29, 1.82) is 0 Å². The van der Waals surface area contributed by atoms with E-state index in [0.29, 0.717) is 17.3 Å². The van der Waals surface area contributed by atoms with Gasteiger partial charge in [-0.2, -0.15) is 5.10 Å². The van der Waals surface area contributed by atoms with Gasteiger partial charge in [-0.05, 0) is 20.8 Å². The van der Waals surface area contributed by atoms with Gasteiger partial charge in [0.25, 0.3) is 0 Å². The Hall–Kier alpha value is -2.38. The minimum atomic E-state index is -0.936. The summed E-state index contributed by atoms with van der Waals surface area (Å²) in [6, 6.07) is 1.57. The molecule has 0 fully saturated rings. The van der Waals surface area contributed by atoms with Crippen LogP contribution in [-0.4, -0.2) is 31.0 Å². The Morgan fingerprint density at radius 2 is 2.22 bits per heavy atom. The van der Waals surface area contributed by atoms with Crippen LogP contribution in [-0.2, 0) is 4.79 Å². The second-order valence-electron chi connectivity index (χ2n) is 4.53. The summed E-state index contributed by atoms with van der Waals surface area (Å²) >= 11 is 0. The number of nitrogens with two attached hydrogens (primary N) is 1. The summed E-state index contributed by atoms with van der Waals surface area (Å²) in [5, 5.41) is 9.08. The number of aryl methyl sites for hydroxylation is 1. The number of rotatable bonds is 3. The third-order valence-electron chi connectivity index (χ3n) is 2.63. The molecule has 2 rings (SSSR count). The van der Waals surface area contributed by atoms with Crippen LogP contribution in [0.3, 0.4) is 0 Å². The minimum Gasteiger partial charge on any atom is -0.368 e. The van der Waals surface area contributed by atoms with Crippen molar-refractivity contribution in [2.75, 3.05) is 5.32 Å². The van der Waals surface area contributed by atoms with Gasteiger partial charge in [-0.1, -0.05) is 0 Å². The van der Waals surface area contributed by atoms with Crippen LogP contribution in [0.1, 0.15) is 19.7 Å². The van der Waals surface area contributed by atoms with Crippen molar-refractivity contribution >= 4 is 17.4 Å². The smallest absolute Gasteiger partial charge is 0.349 e. The summed E-state index contributed by atoms with van der Waals surface area (Å²) in [6.07, 6.45) is 0. The first-order valence-corrected chi connectivity index (χ1v) is 5.34. The van der Waals surface area contributed by atoms with Gasteiger partial charge in [-0.3, -0.25) is 4.79 Å². The summed E-state index contributed by atoms with van der Waals surface area (Å²) in [6.45, 7) is 4.97. The van der Waals surface area contributed by atoms with Gasteiger partial charge in [0.15, 0.2) is 5.65 Å². The Kier molecular flexibility index (Phi) is 2.57. The molecule has 18 heavy (non-hydrogen) atoms. The quantitative estimate of drug-likeness (QED) is 0.672. The van der Waals surface area contributed by atoms with Crippen LogP contribution in [0.25, 0.3) is 5.65 Å². The number of hydrogen-bond donors (Lipinski definition) is 3. The lowest BCUT2D eigenvalue weighted by Crippen LogP contribution is -2.45. The molecule has 1 amide bonds. The van der Waals surface area contributed by atoms with Crippen LogP contribution in [0.5, 0.6) is 0 Å². The monoisotopic (exact) mass is 250 g/mol. The van der Waals surface area contributed by atoms with E-state index < -0.39 is 11.4 Å². The lowest BCUT2D eigenvalue weighted by atomic mass is 10.1. The van der Waals surface area contributed by atoms with Gasteiger partial charge in [-0.25, -0.2) is 19.3 Å². The standard InChI is InChI=1S/C10H14N6O2/c1-5-12-6(13-10(2,3)8(11)17)4-7-14-15-9(18)16(5)7/h4,13H,1-3H3,(H2,11,17)(H,15,18). The average molecular weight is 250 g/mol. The van der Waals surface area contributed by atoms with E-state index in [9.17, 15) is 9.59 Å². The van der Waals surface area contributed by atoms with Crippen molar-refractivity contribution in [3.63, 3.8) is 0 Å². The summed E-state index contributed by atoms with van der Waals surface area (Å²) in [5.74, 6) is 0.401. The van der Waals surface area contributed by atoms with E-state index in [2.05, 4.69) is 20.5 Å². The second-order valence-corrected chi connectivity index (χ2v) is 4.53. The van der Waals surface area contributed by atoms with Crippen molar-refractivity contribution in [1.82, 2.24) is 19.6 Å². The van der Waals surface area contributed by atoms with Crippen molar-refractivity contribution in [2.24, 2.45) is 5.73 Å². The molecule has 0 saturated heterocycles. The largest absolute Gasteiger partial charge is 0.368 e. The SMILES string of the molecule is Cc1nc(NC(C)(C)C(N)=O)cc2n[nH]c(=O)n12. The van der Waals surface area contributed by atoms with E-state index in [0.717, 1.165) is 0 Å². The van der Waals surface area contributed by atoms with Crippen molar-refractivity contribution in [2.45, 2.75) is 26.3 Å². The molecule has 8 heteroatoms. The Labute approximate surface area is 102 Å². The molecule has 0 radical (unpaired) electrons. The number of carbonyl (C=O) groups is 1. The van der Waals surface area contributed by atoms with E-state index in [1.54, 1.807) is 26.8 Å². The van der Waals surface area contributed by atoms with Gasteiger partial charge < -0.3 is 11.1 Å².